The van der Waals surface area contributed by atoms with E-state index in [4.69, 9.17) is 4.74 Å². The molecule has 1 aliphatic carbocycles. The maximum Gasteiger partial charge on any atom is 0.0949 e. The molecule has 0 spiro atoms. The van der Waals surface area contributed by atoms with E-state index < -0.39 is 0 Å². The molecular formula is C16H24BrNO. The van der Waals surface area contributed by atoms with Gasteiger partial charge in [0.1, 0.15) is 0 Å². The van der Waals surface area contributed by atoms with Crippen LogP contribution in [-0.4, -0.2) is 19.7 Å². The molecule has 0 bridgehead atoms. The van der Waals surface area contributed by atoms with Gasteiger partial charge in [-0.25, -0.2) is 0 Å². The van der Waals surface area contributed by atoms with Crippen molar-refractivity contribution in [3.8, 4) is 0 Å². The summed E-state index contributed by atoms with van der Waals surface area (Å²) in [6.07, 6.45) is 5.60. The fourth-order valence-corrected chi connectivity index (χ4v) is 2.83. The van der Waals surface area contributed by atoms with E-state index in [0.29, 0.717) is 0 Å². The molecule has 1 aromatic carbocycles. The fourth-order valence-electron chi connectivity index (χ4n) is 2.41. The first-order valence-electron chi connectivity index (χ1n) is 7.37. The van der Waals surface area contributed by atoms with Crippen LogP contribution in [0, 0.1) is 5.92 Å². The lowest BCUT2D eigenvalue weighted by Crippen LogP contribution is -2.24. The van der Waals surface area contributed by atoms with Gasteiger partial charge >= 0.3 is 0 Å². The van der Waals surface area contributed by atoms with Crippen molar-refractivity contribution < 1.29 is 4.74 Å². The second kappa shape index (κ2) is 8.03. The lowest BCUT2D eigenvalue weighted by molar-refractivity contribution is 0.0374. The summed E-state index contributed by atoms with van der Waals surface area (Å²) in [6.45, 7) is 4.88. The molecule has 2 rings (SSSR count). The lowest BCUT2D eigenvalue weighted by atomic mass is 9.83. The molecule has 0 heterocycles. The predicted octanol–water partition coefficient (Wildman–Crippen LogP) is 4.31. The maximum atomic E-state index is 6.11. The summed E-state index contributed by atoms with van der Waals surface area (Å²) >= 11 is 3.53. The highest BCUT2D eigenvalue weighted by molar-refractivity contribution is 9.10. The summed E-state index contributed by atoms with van der Waals surface area (Å²) in [5.41, 5.74) is 1.25. The Hall–Kier alpha value is -0.380. The van der Waals surface area contributed by atoms with Crippen LogP contribution in [0.3, 0.4) is 0 Å². The second-order valence-electron chi connectivity index (χ2n) is 5.31. The molecule has 1 N–H and O–H groups in total. The Bertz CT molecular complexity index is 379. The molecule has 1 aromatic rings. The molecule has 1 atom stereocenters. The number of likely N-dealkylation sites (N-methyl/N-ethyl adjacent to an activating group) is 1. The van der Waals surface area contributed by atoms with E-state index in [0.717, 1.165) is 30.1 Å². The van der Waals surface area contributed by atoms with Crippen LogP contribution >= 0.6 is 15.9 Å². The molecular weight excluding hydrogens is 302 g/mol. The Kier molecular flexibility index (Phi) is 6.35. The van der Waals surface area contributed by atoms with Crippen molar-refractivity contribution in [1.29, 1.82) is 0 Å². The van der Waals surface area contributed by atoms with Crippen LogP contribution in [0.4, 0.5) is 0 Å². The van der Waals surface area contributed by atoms with Gasteiger partial charge in [0, 0.05) is 17.6 Å². The molecule has 3 heteroatoms. The number of nitrogens with one attached hydrogen (secondary N) is 1. The average Bonchev–Trinajstić information content (AvgIpc) is 2.36. The Labute approximate surface area is 125 Å². The van der Waals surface area contributed by atoms with Crippen molar-refractivity contribution in [3.05, 3.63) is 34.3 Å². The standard InChI is InChI=1S/C16H24BrNO/c1-2-18-12-16(14-7-4-8-15(17)11-14)19-10-9-13-5-3-6-13/h4,7-8,11,13,16,18H,2-3,5-6,9-10,12H2,1H3. The highest BCUT2D eigenvalue weighted by Crippen LogP contribution is 2.30. The quantitative estimate of drug-likeness (QED) is 0.769. The molecule has 1 fully saturated rings. The van der Waals surface area contributed by atoms with Crippen LogP contribution in [0.15, 0.2) is 28.7 Å². The van der Waals surface area contributed by atoms with Crippen molar-refractivity contribution in [1.82, 2.24) is 5.32 Å². The number of ether oxygens (including phenoxy) is 1. The van der Waals surface area contributed by atoms with Crippen LogP contribution in [-0.2, 0) is 4.74 Å². The van der Waals surface area contributed by atoms with Crippen molar-refractivity contribution in [2.24, 2.45) is 5.92 Å². The second-order valence-corrected chi connectivity index (χ2v) is 6.22. The van der Waals surface area contributed by atoms with Gasteiger partial charge < -0.3 is 10.1 Å². The third kappa shape index (κ3) is 4.90. The number of benzene rings is 1. The molecule has 2 nitrogen and oxygen atoms in total. The normalized spacial score (nSPS) is 17.2. The first kappa shape index (κ1) is 15.0. The maximum absolute atomic E-state index is 6.11. The lowest BCUT2D eigenvalue weighted by Gasteiger charge is -2.26. The van der Waals surface area contributed by atoms with Gasteiger partial charge in [-0.05, 0) is 36.6 Å². The highest BCUT2D eigenvalue weighted by atomic mass is 79.9. The zero-order valence-corrected chi connectivity index (χ0v) is 13.3. The first-order valence-corrected chi connectivity index (χ1v) is 8.16. The zero-order valence-electron chi connectivity index (χ0n) is 11.7. The first-order chi connectivity index (χ1) is 9.29. The summed E-state index contributed by atoms with van der Waals surface area (Å²) < 4.78 is 7.23. The Morgan fingerprint density at radius 3 is 2.89 bits per heavy atom. The van der Waals surface area contributed by atoms with Crippen molar-refractivity contribution >= 4 is 15.9 Å². The smallest absolute Gasteiger partial charge is 0.0949 e. The van der Waals surface area contributed by atoms with E-state index in [1.165, 1.54) is 31.2 Å². The van der Waals surface area contributed by atoms with Crippen LogP contribution in [0.1, 0.15) is 44.3 Å². The van der Waals surface area contributed by atoms with E-state index in [-0.39, 0.29) is 6.10 Å². The Balaban J connectivity index is 1.86. The predicted molar refractivity (Wildman–Crippen MR) is 83.3 cm³/mol. The van der Waals surface area contributed by atoms with Crippen LogP contribution in [0.2, 0.25) is 0 Å². The molecule has 19 heavy (non-hydrogen) atoms. The molecule has 0 aromatic heterocycles. The molecule has 0 aliphatic heterocycles. The molecule has 1 unspecified atom stereocenters. The summed E-state index contributed by atoms with van der Waals surface area (Å²) in [5, 5.41) is 3.39. The molecule has 1 saturated carbocycles. The van der Waals surface area contributed by atoms with Gasteiger partial charge in [0.2, 0.25) is 0 Å². The number of rotatable bonds is 8. The zero-order chi connectivity index (χ0) is 13.5. The van der Waals surface area contributed by atoms with E-state index in [1.54, 1.807) is 0 Å². The third-order valence-electron chi connectivity index (χ3n) is 3.87. The third-order valence-corrected chi connectivity index (χ3v) is 4.36. The van der Waals surface area contributed by atoms with Crippen molar-refractivity contribution in [2.75, 3.05) is 19.7 Å². The van der Waals surface area contributed by atoms with Gasteiger partial charge in [-0.15, -0.1) is 0 Å². The minimum atomic E-state index is 0.164. The van der Waals surface area contributed by atoms with Gasteiger partial charge in [0.15, 0.2) is 0 Å². The Morgan fingerprint density at radius 1 is 1.42 bits per heavy atom. The van der Waals surface area contributed by atoms with Gasteiger partial charge in [0.05, 0.1) is 6.10 Å². The topological polar surface area (TPSA) is 21.3 Å². The van der Waals surface area contributed by atoms with Gasteiger partial charge in [0.25, 0.3) is 0 Å². The van der Waals surface area contributed by atoms with Crippen LogP contribution < -0.4 is 5.32 Å². The fraction of sp³-hybridized carbons (Fsp3) is 0.625. The van der Waals surface area contributed by atoms with E-state index in [9.17, 15) is 0 Å². The number of halogens is 1. The summed E-state index contributed by atoms with van der Waals surface area (Å²) in [4.78, 5) is 0. The minimum absolute atomic E-state index is 0.164. The summed E-state index contributed by atoms with van der Waals surface area (Å²) in [6, 6.07) is 8.44. The van der Waals surface area contributed by atoms with Gasteiger partial charge in [-0.1, -0.05) is 54.2 Å². The Morgan fingerprint density at radius 2 is 2.26 bits per heavy atom. The number of hydrogen-bond acceptors (Lipinski definition) is 2. The highest BCUT2D eigenvalue weighted by Gasteiger charge is 2.18. The van der Waals surface area contributed by atoms with Crippen molar-refractivity contribution in [3.63, 3.8) is 0 Å². The molecule has 0 saturated heterocycles. The van der Waals surface area contributed by atoms with Crippen LogP contribution in [0.25, 0.3) is 0 Å². The van der Waals surface area contributed by atoms with E-state index in [2.05, 4.69) is 52.4 Å². The summed E-state index contributed by atoms with van der Waals surface area (Å²) in [5.74, 6) is 0.919. The van der Waals surface area contributed by atoms with Gasteiger partial charge in [-0.3, -0.25) is 0 Å². The summed E-state index contributed by atoms with van der Waals surface area (Å²) in [7, 11) is 0. The molecule has 106 valence electrons. The number of hydrogen-bond donors (Lipinski definition) is 1. The largest absolute Gasteiger partial charge is 0.372 e. The van der Waals surface area contributed by atoms with Crippen LogP contribution in [0.5, 0.6) is 0 Å². The van der Waals surface area contributed by atoms with Crippen molar-refractivity contribution in [2.45, 2.75) is 38.7 Å². The minimum Gasteiger partial charge on any atom is -0.372 e. The SMILES string of the molecule is CCNCC(OCCC1CCC1)c1cccc(Br)c1. The van der Waals surface area contributed by atoms with Gasteiger partial charge in [-0.2, -0.15) is 0 Å². The molecule has 0 radical (unpaired) electrons. The average molecular weight is 326 g/mol. The monoisotopic (exact) mass is 325 g/mol. The van der Waals surface area contributed by atoms with E-state index in [1.807, 2.05) is 0 Å². The molecule has 0 amide bonds. The molecule has 1 aliphatic rings. The van der Waals surface area contributed by atoms with E-state index >= 15 is 0 Å².